The molecule has 0 amide bonds. The summed E-state index contributed by atoms with van der Waals surface area (Å²) in [6, 6.07) is 12.5. The predicted molar refractivity (Wildman–Crippen MR) is 89.4 cm³/mol. The Morgan fingerprint density at radius 3 is 2.33 bits per heavy atom. The fraction of sp³-hybridized carbons (Fsp3) is 0.333. The van der Waals surface area contributed by atoms with Gasteiger partial charge >= 0.3 is 0 Å². The molecule has 3 heteroatoms. The Morgan fingerprint density at radius 1 is 1.10 bits per heavy atom. The van der Waals surface area contributed by atoms with Crippen LogP contribution in [0.1, 0.15) is 35.2 Å². The van der Waals surface area contributed by atoms with E-state index in [0.717, 1.165) is 22.9 Å². The van der Waals surface area contributed by atoms with Gasteiger partial charge in [-0.3, -0.25) is 0 Å². The summed E-state index contributed by atoms with van der Waals surface area (Å²) in [5, 5.41) is 4.32. The van der Waals surface area contributed by atoms with Crippen LogP contribution in [-0.4, -0.2) is 13.7 Å². The first kappa shape index (κ1) is 15.9. The number of benzene rings is 2. The summed E-state index contributed by atoms with van der Waals surface area (Å²) in [6.45, 7) is 7.22. The standard InChI is InChI=1S/C18H22ClNO/c1-5-20-18(14-6-8-15(19)9-7-14)16-10-13(3)17(21-4)11-12(16)2/h6-11,18,20H,5H2,1-4H3. The molecule has 0 aliphatic rings. The number of rotatable bonds is 5. The Kier molecular flexibility index (Phi) is 5.27. The fourth-order valence-corrected chi connectivity index (χ4v) is 2.74. The maximum atomic E-state index is 6.00. The molecule has 2 aromatic rings. The molecule has 0 saturated carbocycles. The highest BCUT2D eigenvalue weighted by molar-refractivity contribution is 6.30. The van der Waals surface area contributed by atoms with Crippen molar-refractivity contribution in [3.05, 3.63) is 63.7 Å². The van der Waals surface area contributed by atoms with Gasteiger partial charge in [-0.15, -0.1) is 0 Å². The molecule has 0 aliphatic carbocycles. The molecule has 2 aromatic carbocycles. The average Bonchev–Trinajstić information content (AvgIpc) is 2.48. The summed E-state index contributed by atoms with van der Waals surface area (Å²) in [5.41, 5.74) is 4.86. The van der Waals surface area contributed by atoms with Crippen molar-refractivity contribution in [1.29, 1.82) is 0 Å². The molecule has 2 rings (SSSR count). The first-order valence-corrected chi connectivity index (χ1v) is 7.58. The Labute approximate surface area is 132 Å². The smallest absolute Gasteiger partial charge is 0.122 e. The van der Waals surface area contributed by atoms with Crippen molar-refractivity contribution in [2.75, 3.05) is 13.7 Å². The van der Waals surface area contributed by atoms with Crippen LogP contribution in [-0.2, 0) is 0 Å². The van der Waals surface area contributed by atoms with Crippen molar-refractivity contribution in [2.24, 2.45) is 0 Å². The normalized spacial score (nSPS) is 12.2. The predicted octanol–water partition coefficient (Wildman–Crippen LogP) is 4.66. The first-order chi connectivity index (χ1) is 10.1. The van der Waals surface area contributed by atoms with Crippen LogP contribution >= 0.6 is 11.6 Å². The van der Waals surface area contributed by atoms with Crippen LogP contribution in [0.2, 0.25) is 5.02 Å². The lowest BCUT2D eigenvalue weighted by molar-refractivity contribution is 0.411. The summed E-state index contributed by atoms with van der Waals surface area (Å²) in [6.07, 6.45) is 0. The second-order valence-corrected chi connectivity index (χ2v) is 5.66. The van der Waals surface area contributed by atoms with Gasteiger partial charge in [0.05, 0.1) is 13.2 Å². The molecule has 1 N–H and O–H groups in total. The molecule has 0 saturated heterocycles. The number of halogens is 1. The van der Waals surface area contributed by atoms with Crippen molar-refractivity contribution in [3.63, 3.8) is 0 Å². The summed E-state index contributed by atoms with van der Waals surface area (Å²) < 4.78 is 5.40. The quantitative estimate of drug-likeness (QED) is 0.867. The molecule has 1 unspecified atom stereocenters. The Bertz CT molecular complexity index is 607. The van der Waals surface area contributed by atoms with Gasteiger partial charge in [0.15, 0.2) is 0 Å². The van der Waals surface area contributed by atoms with Gasteiger partial charge in [-0.2, -0.15) is 0 Å². The number of aryl methyl sites for hydroxylation is 2. The minimum atomic E-state index is 0.164. The minimum absolute atomic E-state index is 0.164. The van der Waals surface area contributed by atoms with Crippen LogP contribution in [0.3, 0.4) is 0 Å². The molecule has 0 aliphatic heterocycles. The highest BCUT2D eigenvalue weighted by Gasteiger charge is 2.17. The van der Waals surface area contributed by atoms with Crippen molar-refractivity contribution in [3.8, 4) is 5.75 Å². The molecule has 1 atom stereocenters. The average molecular weight is 304 g/mol. The zero-order valence-electron chi connectivity index (χ0n) is 13.0. The number of hydrogen-bond acceptors (Lipinski definition) is 2. The van der Waals surface area contributed by atoms with E-state index in [1.807, 2.05) is 12.1 Å². The molecule has 0 heterocycles. The summed E-state index contributed by atoms with van der Waals surface area (Å²) in [7, 11) is 1.71. The van der Waals surface area contributed by atoms with Crippen molar-refractivity contribution < 1.29 is 4.74 Å². The third kappa shape index (κ3) is 3.58. The first-order valence-electron chi connectivity index (χ1n) is 7.20. The molecule has 0 fully saturated rings. The molecular formula is C18H22ClNO. The molecule has 0 bridgehead atoms. The Hall–Kier alpha value is -1.51. The minimum Gasteiger partial charge on any atom is -0.496 e. The number of ether oxygens (including phenoxy) is 1. The molecule has 0 radical (unpaired) electrons. The van der Waals surface area contributed by atoms with Gasteiger partial charge in [0.25, 0.3) is 0 Å². The van der Waals surface area contributed by atoms with Gasteiger partial charge < -0.3 is 10.1 Å². The maximum Gasteiger partial charge on any atom is 0.122 e. The van der Waals surface area contributed by atoms with E-state index in [2.05, 4.69) is 50.4 Å². The number of methoxy groups -OCH3 is 1. The van der Waals surface area contributed by atoms with Gasteiger partial charge in [-0.1, -0.05) is 36.7 Å². The Morgan fingerprint density at radius 2 is 1.76 bits per heavy atom. The van der Waals surface area contributed by atoms with Crippen LogP contribution in [0.15, 0.2) is 36.4 Å². The van der Waals surface area contributed by atoms with E-state index in [9.17, 15) is 0 Å². The van der Waals surface area contributed by atoms with Crippen LogP contribution in [0.25, 0.3) is 0 Å². The van der Waals surface area contributed by atoms with E-state index in [4.69, 9.17) is 16.3 Å². The summed E-state index contributed by atoms with van der Waals surface area (Å²) in [4.78, 5) is 0. The third-order valence-corrected chi connectivity index (χ3v) is 3.96. The molecular weight excluding hydrogens is 282 g/mol. The third-order valence-electron chi connectivity index (χ3n) is 3.71. The topological polar surface area (TPSA) is 21.3 Å². The van der Waals surface area contributed by atoms with Gasteiger partial charge in [0.1, 0.15) is 5.75 Å². The van der Waals surface area contributed by atoms with Crippen LogP contribution < -0.4 is 10.1 Å². The lowest BCUT2D eigenvalue weighted by atomic mass is 9.93. The maximum absolute atomic E-state index is 6.00. The van der Waals surface area contributed by atoms with Gasteiger partial charge in [-0.05, 0) is 60.8 Å². The van der Waals surface area contributed by atoms with Crippen molar-refractivity contribution >= 4 is 11.6 Å². The van der Waals surface area contributed by atoms with E-state index in [1.165, 1.54) is 16.7 Å². The van der Waals surface area contributed by atoms with E-state index >= 15 is 0 Å². The lowest BCUT2D eigenvalue weighted by Gasteiger charge is -2.22. The zero-order chi connectivity index (χ0) is 15.4. The van der Waals surface area contributed by atoms with Crippen molar-refractivity contribution in [1.82, 2.24) is 5.32 Å². The summed E-state index contributed by atoms with van der Waals surface area (Å²) in [5.74, 6) is 0.933. The Balaban J connectivity index is 2.47. The van der Waals surface area contributed by atoms with Gasteiger partial charge in [-0.25, -0.2) is 0 Å². The number of hydrogen-bond donors (Lipinski definition) is 1. The monoisotopic (exact) mass is 303 g/mol. The van der Waals surface area contributed by atoms with Gasteiger partial charge in [0, 0.05) is 5.02 Å². The second-order valence-electron chi connectivity index (χ2n) is 5.22. The zero-order valence-corrected chi connectivity index (χ0v) is 13.8. The van der Waals surface area contributed by atoms with Crippen LogP contribution in [0.4, 0.5) is 0 Å². The highest BCUT2D eigenvalue weighted by Crippen LogP contribution is 2.30. The molecule has 2 nitrogen and oxygen atoms in total. The lowest BCUT2D eigenvalue weighted by Crippen LogP contribution is -2.23. The van der Waals surface area contributed by atoms with Crippen molar-refractivity contribution in [2.45, 2.75) is 26.8 Å². The SMILES string of the molecule is CCNC(c1ccc(Cl)cc1)c1cc(C)c(OC)cc1C. The molecule has 21 heavy (non-hydrogen) atoms. The number of nitrogens with one attached hydrogen (secondary N) is 1. The highest BCUT2D eigenvalue weighted by atomic mass is 35.5. The second kappa shape index (κ2) is 6.97. The summed E-state index contributed by atoms with van der Waals surface area (Å²) >= 11 is 6.00. The van der Waals surface area contributed by atoms with E-state index in [0.29, 0.717) is 0 Å². The van der Waals surface area contributed by atoms with Gasteiger partial charge in [0.2, 0.25) is 0 Å². The van der Waals surface area contributed by atoms with E-state index in [1.54, 1.807) is 7.11 Å². The molecule has 0 aromatic heterocycles. The van der Waals surface area contributed by atoms with E-state index < -0.39 is 0 Å². The molecule has 0 spiro atoms. The fourth-order valence-electron chi connectivity index (χ4n) is 2.61. The molecule has 112 valence electrons. The largest absolute Gasteiger partial charge is 0.496 e. The van der Waals surface area contributed by atoms with Crippen LogP contribution in [0.5, 0.6) is 5.75 Å². The van der Waals surface area contributed by atoms with E-state index in [-0.39, 0.29) is 6.04 Å². The van der Waals surface area contributed by atoms with Crippen LogP contribution in [0, 0.1) is 13.8 Å².